The lowest BCUT2D eigenvalue weighted by Crippen LogP contribution is -2.00. The topological polar surface area (TPSA) is 76.2 Å². The standard InChI is InChI=1S/C23H14N2O3/c26-23(27)16-13-19(14-7-3-1-4-8-14)24-17-11-12-18-21(20(16)17)28-22(25-18)15-9-5-2-6-10-15/h1-13H,(H,26,27). The first-order valence-electron chi connectivity index (χ1n) is 8.79. The summed E-state index contributed by atoms with van der Waals surface area (Å²) in [5.74, 6) is -0.582. The molecule has 0 atom stereocenters. The molecule has 3 aromatic carbocycles. The molecule has 0 radical (unpaired) electrons. The Hall–Kier alpha value is -3.99. The normalized spacial score (nSPS) is 11.1. The highest BCUT2D eigenvalue weighted by molar-refractivity contribution is 6.13. The Balaban J connectivity index is 1.80. The summed E-state index contributed by atoms with van der Waals surface area (Å²) >= 11 is 0. The molecule has 0 spiro atoms. The second-order valence-electron chi connectivity index (χ2n) is 6.42. The van der Waals surface area contributed by atoms with Crippen molar-refractivity contribution in [2.75, 3.05) is 0 Å². The van der Waals surface area contributed by atoms with Crippen LogP contribution in [0.5, 0.6) is 0 Å². The largest absolute Gasteiger partial charge is 0.478 e. The van der Waals surface area contributed by atoms with E-state index in [1.165, 1.54) is 0 Å². The van der Waals surface area contributed by atoms with Crippen LogP contribution in [0.4, 0.5) is 0 Å². The zero-order valence-electron chi connectivity index (χ0n) is 14.7. The average molecular weight is 366 g/mol. The summed E-state index contributed by atoms with van der Waals surface area (Å²) in [7, 11) is 0. The number of carboxylic acid groups (broad SMARTS) is 1. The molecule has 0 fully saturated rings. The fraction of sp³-hybridized carbons (Fsp3) is 0. The molecule has 5 aromatic rings. The zero-order chi connectivity index (χ0) is 19.1. The van der Waals surface area contributed by atoms with Gasteiger partial charge in [-0.25, -0.2) is 14.8 Å². The molecule has 0 saturated heterocycles. The van der Waals surface area contributed by atoms with Gasteiger partial charge in [0.25, 0.3) is 0 Å². The van der Waals surface area contributed by atoms with E-state index in [1.54, 1.807) is 18.2 Å². The first-order valence-corrected chi connectivity index (χ1v) is 8.79. The van der Waals surface area contributed by atoms with Gasteiger partial charge in [0, 0.05) is 11.1 Å². The minimum Gasteiger partial charge on any atom is -0.478 e. The predicted octanol–water partition coefficient (Wildman–Crippen LogP) is 5.41. The first kappa shape index (κ1) is 16.2. The molecular weight excluding hydrogens is 352 g/mol. The summed E-state index contributed by atoms with van der Waals surface area (Å²) in [5.41, 5.74) is 4.02. The Morgan fingerprint density at radius 1 is 0.786 bits per heavy atom. The van der Waals surface area contributed by atoms with Gasteiger partial charge in [0.1, 0.15) is 5.52 Å². The van der Waals surface area contributed by atoms with Crippen LogP contribution in [0.3, 0.4) is 0 Å². The summed E-state index contributed by atoms with van der Waals surface area (Å²) in [6.45, 7) is 0. The van der Waals surface area contributed by atoms with Gasteiger partial charge in [0.15, 0.2) is 5.58 Å². The van der Waals surface area contributed by atoms with Crippen LogP contribution >= 0.6 is 0 Å². The smallest absolute Gasteiger partial charge is 0.336 e. The van der Waals surface area contributed by atoms with Gasteiger partial charge in [0.05, 0.1) is 22.2 Å². The van der Waals surface area contributed by atoms with Crippen molar-refractivity contribution in [2.45, 2.75) is 0 Å². The molecule has 0 amide bonds. The van der Waals surface area contributed by atoms with Gasteiger partial charge >= 0.3 is 5.97 Å². The van der Waals surface area contributed by atoms with Crippen LogP contribution in [0.2, 0.25) is 0 Å². The van der Waals surface area contributed by atoms with Gasteiger partial charge in [-0.05, 0) is 30.3 Å². The fourth-order valence-electron chi connectivity index (χ4n) is 3.34. The maximum absolute atomic E-state index is 12.0. The van der Waals surface area contributed by atoms with Gasteiger partial charge in [-0.2, -0.15) is 0 Å². The predicted molar refractivity (Wildman–Crippen MR) is 107 cm³/mol. The van der Waals surface area contributed by atoms with Crippen molar-refractivity contribution in [1.82, 2.24) is 9.97 Å². The van der Waals surface area contributed by atoms with Crippen molar-refractivity contribution >= 4 is 28.0 Å². The van der Waals surface area contributed by atoms with Crippen LogP contribution in [0.1, 0.15) is 10.4 Å². The fourth-order valence-corrected chi connectivity index (χ4v) is 3.34. The molecule has 134 valence electrons. The average Bonchev–Trinajstić information content (AvgIpc) is 3.19. The van der Waals surface area contributed by atoms with Crippen molar-refractivity contribution in [3.63, 3.8) is 0 Å². The number of benzene rings is 3. The van der Waals surface area contributed by atoms with Crippen molar-refractivity contribution in [2.24, 2.45) is 0 Å². The van der Waals surface area contributed by atoms with E-state index in [0.717, 1.165) is 11.1 Å². The van der Waals surface area contributed by atoms with Crippen LogP contribution in [-0.2, 0) is 0 Å². The summed E-state index contributed by atoms with van der Waals surface area (Å²) in [6.07, 6.45) is 0. The highest BCUT2D eigenvalue weighted by Gasteiger charge is 2.19. The van der Waals surface area contributed by atoms with Crippen molar-refractivity contribution in [1.29, 1.82) is 0 Å². The monoisotopic (exact) mass is 366 g/mol. The van der Waals surface area contributed by atoms with E-state index < -0.39 is 5.97 Å². The third kappa shape index (κ3) is 2.61. The number of oxazole rings is 1. The van der Waals surface area contributed by atoms with E-state index in [-0.39, 0.29) is 5.56 Å². The van der Waals surface area contributed by atoms with Crippen LogP contribution in [0, 0.1) is 0 Å². The molecule has 0 unspecified atom stereocenters. The number of rotatable bonds is 3. The zero-order valence-corrected chi connectivity index (χ0v) is 14.7. The lowest BCUT2D eigenvalue weighted by Gasteiger charge is -2.07. The van der Waals surface area contributed by atoms with E-state index in [2.05, 4.69) is 9.97 Å². The molecular formula is C23H14N2O3. The van der Waals surface area contributed by atoms with Gasteiger partial charge in [-0.3, -0.25) is 0 Å². The summed E-state index contributed by atoms with van der Waals surface area (Å²) in [5, 5.41) is 10.3. The van der Waals surface area contributed by atoms with Gasteiger partial charge in [-0.15, -0.1) is 0 Å². The molecule has 0 aliphatic rings. The van der Waals surface area contributed by atoms with Crippen LogP contribution in [0.15, 0.2) is 83.3 Å². The Morgan fingerprint density at radius 3 is 2.11 bits per heavy atom. The van der Waals surface area contributed by atoms with Gasteiger partial charge < -0.3 is 9.52 Å². The summed E-state index contributed by atoms with van der Waals surface area (Å²) < 4.78 is 5.99. The van der Waals surface area contributed by atoms with Crippen LogP contribution < -0.4 is 0 Å². The first-order chi connectivity index (χ1) is 13.7. The Labute approximate surface area is 159 Å². The minimum atomic E-state index is -1.03. The second-order valence-corrected chi connectivity index (χ2v) is 6.42. The highest BCUT2D eigenvalue weighted by Crippen LogP contribution is 2.33. The van der Waals surface area contributed by atoms with Gasteiger partial charge in [-0.1, -0.05) is 48.5 Å². The molecule has 5 rings (SSSR count). The molecule has 28 heavy (non-hydrogen) atoms. The van der Waals surface area contributed by atoms with E-state index in [9.17, 15) is 9.90 Å². The number of hydrogen-bond donors (Lipinski definition) is 1. The maximum atomic E-state index is 12.0. The number of aromatic carboxylic acids is 1. The number of hydrogen-bond acceptors (Lipinski definition) is 4. The number of carbonyl (C=O) groups is 1. The molecule has 2 aromatic heterocycles. The van der Waals surface area contributed by atoms with E-state index >= 15 is 0 Å². The number of pyridine rings is 1. The molecule has 1 N–H and O–H groups in total. The number of nitrogens with zero attached hydrogens (tertiary/aromatic N) is 2. The summed E-state index contributed by atoms with van der Waals surface area (Å²) in [6, 6.07) is 24.2. The number of fused-ring (bicyclic) bond motifs is 3. The number of carboxylic acids is 1. The summed E-state index contributed by atoms with van der Waals surface area (Å²) in [4.78, 5) is 21.2. The maximum Gasteiger partial charge on any atom is 0.336 e. The number of aromatic nitrogens is 2. The Kier molecular flexibility index (Phi) is 3.66. The molecule has 0 aliphatic heterocycles. The highest BCUT2D eigenvalue weighted by atomic mass is 16.4. The van der Waals surface area contributed by atoms with Crippen LogP contribution in [0.25, 0.3) is 44.7 Å². The van der Waals surface area contributed by atoms with Crippen LogP contribution in [-0.4, -0.2) is 21.0 Å². The second kappa shape index (κ2) is 6.32. The molecule has 0 saturated carbocycles. The lowest BCUT2D eigenvalue weighted by molar-refractivity contribution is 0.0699. The quantitative estimate of drug-likeness (QED) is 0.462. The molecule has 0 aliphatic carbocycles. The van der Waals surface area contributed by atoms with Crippen molar-refractivity contribution in [3.05, 3.63) is 84.4 Å². The van der Waals surface area contributed by atoms with Crippen molar-refractivity contribution < 1.29 is 14.3 Å². The Morgan fingerprint density at radius 2 is 1.43 bits per heavy atom. The van der Waals surface area contributed by atoms with E-state index in [1.807, 2.05) is 60.7 Å². The van der Waals surface area contributed by atoms with E-state index in [4.69, 9.17) is 4.42 Å². The molecule has 5 heteroatoms. The molecule has 5 nitrogen and oxygen atoms in total. The third-order valence-electron chi connectivity index (χ3n) is 4.65. The van der Waals surface area contributed by atoms with E-state index in [0.29, 0.717) is 33.6 Å². The van der Waals surface area contributed by atoms with Crippen molar-refractivity contribution in [3.8, 4) is 22.7 Å². The third-order valence-corrected chi connectivity index (χ3v) is 4.65. The Bertz CT molecular complexity index is 1330. The minimum absolute atomic E-state index is 0.144. The lowest BCUT2D eigenvalue weighted by atomic mass is 10.0. The molecule has 0 bridgehead atoms. The molecule has 2 heterocycles. The van der Waals surface area contributed by atoms with Gasteiger partial charge in [0.2, 0.25) is 5.89 Å². The SMILES string of the molecule is O=C(O)c1cc(-c2ccccc2)nc2ccc3nc(-c4ccccc4)oc3c12.